The monoisotopic (exact) mass is 436 g/mol. The Balaban J connectivity index is 1.45. The fourth-order valence-corrected chi connectivity index (χ4v) is 6.70. The van der Waals surface area contributed by atoms with E-state index in [1.54, 1.807) is 30.3 Å². The molecule has 4 saturated carbocycles. The quantitative estimate of drug-likeness (QED) is 0.502. The van der Waals surface area contributed by atoms with Crippen LogP contribution in [-0.4, -0.2) is 31.3 Å². The van der Waals surface area contributed by atoms with Gasteiger partial charge in [-0.3, -0.25) is 0 Å². The van der Waals surface area contributed by atoms with Crippen LogP contribution < -0.4 is 14.2 Å². The molecule has 0 aliphatic heterocycles. The molecule has 4 fully saturated rings. The standard InChI is InChI=1S/C26H28O6/c1-30-19-4-5-20(23(11-19)31-2)25(29)32-22-6-3-18(10-21(22)24(27)28)26-12-15-7-16(13-26)9-17(8-15)14-26/h3-6,10-11,15-17H,7-9,12-14H2,1-2H3,(H,27,28). The highest BCUT2D eigenvalue weighted by Gasteiger charge is 2.51. The lowest BCUT2D eigenvalue weighted by Crippen LogP contribution is -2.48. The third kappa shape index (κ3) is 3.51. The Labute approximate surface area is 187 Å². The van der Waals surface area contributed by atoms with Crippen LogP contribution in [0.4, 0.5) is 0 Å². The van der Waals surface area contributed by atoms with Crippen molar-refractivity contribution < 1.29 is 28.9 Å². The van der Waals surface area contributed by atoms with Gasteiger partial charge in [-0.2, -0.15) is 0 Å². The molecule has 0 heterocycles. The van der Waals surface area contributed by atoms with Crippen LogP contribution in [0.3, 0.4) is 0 Å². The maximum absolute atomic E-state index is 12.8. The minimum absolute atomic E-state index is 0.0269. The van der Waals surface area contributed by atoms with E-state index < -0.39 is 11.9 Å². The summed E-state index contributed by atoms with van der Waals surface area (Å²) >= 11 is 0. The second-order valence-corrected chi connectivity index (χ2v) is 9.67. The van der Waals surface area contributed by atoms with Crippen molar-refractivity contribution in [1.82, 2.24) is 0 Å². The van der Waals surface area contributed by atoms with Gasteiger partial charge in [-0.05, 0) is 91.5 Å². The van der Waals surface area contributed by atoms with Gasteiger partial charge < -0.3 is 19.3 Å². The van der Waals surface area contributed by atoms with Gasteiger partial charge in [-0.1, -0.05) is 6.07 Å². The van der Waals surface area contributed by atoms with Crippen LogP contribution >= 0.6 is 0 Å². The first kappa shape index (κ1) is 20.9. The van der Waals surface area contributed by atoms with Crippen molar-refractivity contribution in [2.45, 2.75) is 43.9 Å². The lowest BCUT2D eigenvalue weighted by molar-refractivity contribution is -0.00523. The molecule has 0 spiro atoms. The number of carboxylic acids is 1. The predicted molar refractivity (Wildman–Crippen MR) is 118 cm³/mol. The van der Waals surface area contributed by atoms with E-state index in [1.165, 1.54) is 33.5 Å². The van der Waals surface area contributed by atoms with Crippen LogP contribution in [0.25, 0.3) is 0 Å². The van der Waals surface area contributed by atoms with Crippen LogP contribution in [0, 0.1) is 17.8 Å². The van der Waals surface area contributed by atoms with Gasteiger partial charge in [0, 0.05) is 6.07 Å². The molecule has 6 nitrogen and oxygen atoms in total. The number of methoxy groups -OCH3 is 2. The average Bonchev–Trinajstić information content (AvgIpc) is 2.77. The smallest absolute Gasteiger partial charge is 0.347 e. The lowest BCUT2D eigenvalue weighted by Gasteiger charge is -2.57. The van der Waals surface area contributed by atoms with E-state index >= 15 is 0 Å². The van der Waals surface area contributed by atoms with Crippen molar-refractivity contribution in [3.63, 3.8) is 0 Å². The van der Waals surface area contributed by atoms with E-state index in [9.17, 15) is 14.7 Å². The summed E-state index contributed by atoms with van der Waals surface area (Å²) in [5.41, 5.74) is 1.38. The summed E-state index contributed by atoms with van der Waals surface area (Å²) in [6.45, 7) is 0. The van der Waals surface area contributed by atoms with Gasteiger partial charge in [0.2, 0.25) is 0 Å². The van der Waals surface area contributed by atoms with E-state index in [2.05, 4.69) is 0 Å². The number of hydrogen-bond acceptors (Lipinski definition) is 5. The second-order valence-electron chi connectivity index (χ2n) is 9.67. The Hall–Kier alpha value is -3.02. The number of carboxylic acid groups (broad SMARTS) is 1. The number of rotatable bonds is 6. The Morgan fingerprint density at radius 2 is 1.50 bits per heavy atom. The molecule has 6 rings (SSSR count). The minimum atomic E-state index is -1.10. The summed E-state index contributed by atoms with van der Waals surface area (Å²) in [5, 5.41) is 9.89. The Bertz CT molecular complexity index is 1040. The van der Waals surface area contributed by atoms with E-state index in [4.69, 9.17) is 14.2 Å². The maximum atomic E-state index is 12.8. The molecule has 0 unspecified atom stereocenters. The fourth-order valence-electron chi connectivity index (χ4n) is 6.70. The normalized spacial score (nSPS) is 27.8. The number of benzene rings is 2. The highest BCUT2D eigenvalue weighted by molar-refractivity contribution is 5.97. The summed E-state index contributed by atoms with van der Waals surface area (Å²) in [5.74, 6) is 1.41. The van der Waals surface area contributed by atoms with Crippen LogP contribution in [0.15, 0.2) is 36.4 Å². The topological polar surface area (TPSA) is 82.1 Å². The van der Waals surface area contributed by atoms with Crippen LogP contribution in [0.5, 0.6) is 17.2 Å². The molecule has 4 aliphatic carbocycles. The number of carbonyl (C=O) groups is 2. The summed E-state index contributed by atoms with van der Waals surface area (Å²) in [6, 6.07) is 10.1. The highest BCUT2D eigenvalue weighted by atomic mass is 16.5. The van der Waals surface area contributed by atoms with Crippen molar-refractivity contribution in [1.29, 1.82) is 0 Å². The number of carbonyl (C=O) groups excluding carboxylic acids is 1. The van der Waals surface area contributed by atoms with Crippen LogP contribution in [0.2, 0.25) is 0 Å². The van der Waals surface area contributed by atoms with Crippen LogP contribution in [-0.2, 0) is 5.41 Å². The molecule has 168 valence electrons. The minimum Gasteiger partial charge on any atom is -0.497 e. The molecule has 0 saturated heterocycles. The maximum Gasteiger partial charge on any atom is 0.347 e. The predicted octanol–water partition coefficient (Wildman–Crippen LogP) is 5.09. The van der Waals surface area contributed by atoms with Crippen LogP contribution in [0.1, 0.15) is 64.8 Å². The number of hydrogen-bond donors (Lipinski definition) is 1. The first-order valence-corrected chi connectivity index (χ1v) is 11.2. The summed E-state index contributed by atoms with van der Waals surface area (Å²) in [4.78, 5) is 24.9. The average molecular weight is 437 g/mol. The second kappa shape index (κ2) is 7.84. The Morgan fingerprint density at radius 3 is 2.06 bits per heavy atom. The van der Waals surface area contributed by atoms with Gasteiger partial charge in [0.25, 0.3) is 0 Å². The number of ether oxygens (including phenoxy) is 3. The molecule has 0 radical (unpaired) electrons. The van der Waals surface area contributed by atoms with E-state index in [-0.39, 0.29) is 22.3 Å². The molecular formula is C26H28O6. The molecule has 2 aromatic rings. The summed E-state index contributed by atoms with van der Waals surface area (Å²) in [6.07, 6.45) is 7.39. The first-order valence-electron chi connectivity index (χ1n) is 11.2. The fraction of sp³-hybridized carbons (Fsp3) is 0.462. The lowest BCUT2D eigenvalue weighted by atomic mass is 9.48. The molecular weight excluding hydrogens is 408 g/mol. The first-order chi connectivity index (χ1) is 15.4. The zero-order valence-corrected chi connectivity index (χ0v) is 18.4. The van der Waals surface area contributed by atoms with Crippen molar-refractivity contribution in [2.75, 3.05) is 14.2 Å². The summed E-state index contributed by atoms with van der Waals surface area (Å²) < 4.78 is 16.0. The molecule has 1 N–H and O–H groups in total. The molecule has 0 aromatic heterocycles. The van der Waals surface area contributed by atoms with Crippen molar-refractivity contribution >= 4 is 11.9 Å². The molecule has 6 heteroatoms. The summed E-state index contributed by atoms with van der Waals surface area (Å²) in [7, 11) is 2.98. The van der Waals surface area contributed by atoms with Crippen molar-refractivity contribution in [3.05, 3.63) is 53.1 Å². The molecule has 2 aromatic carbocycles. The van der Waals surface area contributed by atoms with Crippen molar-refractivity contribution in [2.24, 2.45) is 17.8 Å². The van der Waals surface area contributed by atoms with E-state index in [0.717, 1.165) is 42.6 Å². The number of aromatic carboxylic acids is 1. The van der Waals surface area contributed by atoms with Gasteiger partial charge in [0.15, 0.2) is 0 Å². The largest absolute Gasteiger partial charge is 0.497 e. The molecule has 4 aliphatic rings. The van der Waals surface area contributed by atoms with Crippen molar-refractivity contribution in [3.8, 4) is 17.2 Å². The molecule has 0 amide bonds. The van der Waals surface area contributed by atoms with Gasteiger partial charge in [0.1, 0.15) is 28.4 Å². The third-order valence-electron chi connectivity index (χ3n) is 7.69. The zero-order valence-electron chi connectivity index (χ0n) is 18.4. The molecule has 4 bridgehead atoms. The van der Waals surface area contributed by atoms with Gasteiger partial charge in [-0.25, -0.2) is 9.59 Å². The van der Waals surface area contributed by atoms with Gasteiger partial charge >= 0.3 is 11.9 Å². The van der Waals surface area contributed by atoms with E-state index in [1.807, 2.05) is 6.07 Å². The SMILES string of the molecule is COc1ccc(C(=O)Oc2ccc(C34CC5CC(CC(C5)C3)C4)cc2C(=O)O)c(OC)c1. The van der Waals surface area contributed by atoms with Gasteiger partial charge in [-0.15, -0.1) is 0 Å². The Kier molecular flexibility index (Phi) is 5.11. The highest BCUT2D eigenvalue weighted by Crippen LogP contribution is 2.60. The molecule has 32 heavy (non-hydrogen) atoms. The van der Waals surface area contributed by atoms with Gasteiger partial charge in [0.05, 0.1) is 14.2 Å². The number of esters is 1. The van der Waals surface area contributed by atoms with E-state index in [0.29, 0.717) is 11.5 Å². The molecule has 0 atom stereocenters. The Morgan fingerprint density at radius 1 is 0.844 bits per heavy atom. The third-order valence-corrected chi connectivity index (χ3v) is 7.69. The zero-order chi connectivity index (χ0) is 22.5.